The molecule has 0 fully saturated rings. The zero-order valence-electron chi connectivity index (χ0n) is 60.6. The van der Waals surface area contributed by atoms with Gasteiger partial charge in [-0.25, -0.2) is 9.13 Å². The molecule has 0 aliphatic carbocycles. The second-order valence-corrected chi connectivity index (χ2v) is 30.5. The molecular formula is C74H144O17P2. The van der Waals surface area contributed by atoms with Crippen LogP contribution in [0.5, 0.6) is 0 Å². The molecule has 0 heterocycles. The summed E-state index contributed by atoms with van der Waals surface area (Å²) in [6, 6.07) is 0. The highest BCUT2D eigenvalue weighted by atomic mass is 31.2. The first-order chi connectivity index (χ1) is 44.9. The zero-order chi connectivity index (χ0) is 68.6. The van der Waals surface area contributed by atoms with E-state index in [1.165, 1.54) is 199 Å². The van der Waals surface area contributed by atoms with E-state index in [1.54, 1.807) is 0 Å². The average Bonchev–Trinajstić information content (AvgIpc) is 2.71. The Kier molecular flexibility index (Phi) is 64.6. The minimum atomic E-state index is -4.96. The Bertz CT molecular complexity index is 1800. The summed E-state index contributed by atoms with van der Waals surface area (Å²) in [6.45, 7) is 9.55. The van der Waals surface area contributed by atoms with Crippen molar-refractivity contribution < 1.29 is 80.2 Å². The van der Waals surface area contributed by atoms with Gasteiger partial charge in [-0.05, 0) is 37.5 Å². The molecule has 0 bridgehead atoms. The summed E-state index contributed by atoms with van der Waals surface area (Å²) in [5.74, 6) is -0.618. The molecule has 552 valence electrons. The molecule has 17 nitrogen and oxygen atoms in total. The normalized spacial score (nSPS) is 14.1. The minimum Gasteiger partial charge on any atom is -0.462 e. The lowest BCUT2D eigenvalue weighted by molar-refractivity contribution is -0.161. The molecule has 19 heteroatoms. The maximum atomic E-state index is 13.1. The van der Waals surface area contributed by atoms with Gasteiger partial charge in [0, 0.05) is 25.7 Å². The van der Waals surface area contributed by atoms with Crippen molar-refractivity contribution in [3.63, 3.8) is 0 Å². The van der Waals surface area contributed by atoms with Crippen molar-refractivity contribution in [2.45, 2.75) is 400 Å². The van der Waals surface area contributed by atoms with Crippen LogP contribution in [0.3, 0.4) is 0 Å². The number of ether oxygens (including phenoxy) is 4. The molecular weight excluding hydrogens is 1220 g/mol. The third kappa shape index (κ3) is 68.4. The lowest BCUT2D eigenvalue weighted by Crippen LogP contribution is -2.30. The number of phosphoric acid groups is 2. The van der Waals surface area contributed by atoms with Crippen molar-refractivity contribution >= 4 is 39.5 Å². The molecule has 0 aliphatic heterocycles. The van der Waals surface area contributed by atoms with Gasteiger partial charge in [0.2, 0.25) is 0 Å². The van der Waals surface area contributed by atoms with Gasteiger partial charge in [-0.2, -0.15) is 0 Å². The number of aliphatic hydroxyl groups is 1. The summed E-state index contributed by atoms with van der Waals surface area (Å²) in [4.78, 5) is 72.7. The first-order valence-electron chi connectivity index (χ1n) is 38.5. The van der Waals surface area contributed by atoms with Crippen LogP contribution in [0.15, 0.2) is 0 Å². The standard InChI is InChI=1S/C74H144O17P2/c1-7-9-11-13-15-17-19-20-21-22-23-29-33-40-46-52-58-73(78)90-69(62-85-72(77)57-51-45-39-32-28-25-24-27-30-36-42-48-54-66(3)4)64-88-92(80,81)86-60-68(75)61-87-93(82,83)89-65-70(91-74(79)59-53-47-41-35-34-37-43-49-55-67(5)6)63-84-71(76)56-50-44-38-31-26-18-16-14-12-10-8-2/h66-70,75H,7-65H2,1-6H3,(H,80,81)(H,82,83)/t68-,69-,70-/m1/s1. The smallest absolute Gasteiger partial charge is 0.462 e. The van der Waals surface area contributed by atoms with Crippen LogP contribution in [-0.4, -0.2) is 96.7 Å². The van der Waals surface area contributed by atoms with Gasteiger partial charge >= 0.3 is 39.5 Å². The molecule has 0 saturated carbocycles. The van der Waals surface area contributed by atoms with Gasteiger partial charge < -0.3 is 33.8 Å². The maximum absolute atomic E-state index is 13.1. The third-order valence-corrected chi connectivity index (χ3v) is 19.1. The topological polar surface area (TPSA) is 237 Å². The van der Waals surface area contributed by atoms with Crippen LogP contribution in [-0.2, 0) is 65.4 Å². The molecule has 0 radical (unpaired) electrons. The Balaban J connectivity index is 5.25. The summed E-state index contributed by atoms with van der Waals surface area (Å²) in [5.41, 5.74) is 0. The van der Waals surface area contributed by atoms with E-state index in [9.17, 15) is 43.2 Å². The van der Waals surface area contributed by atoms with E-state index < -0.39 is 97.5 Å². The number of unbranched alkanes of at least 4 members (excludes halogenated alkanes) is 43. The Labute approximate surface area is 568 Å². The van der Waals surface area contributed by atoms with Crippen molar-refractivity contribution in [3.05, 3.63) is 0 Å². The number of phosphoric ester groups is 2. The molecule has 0 rings (SSSR count). The largest absolute Gasteiger partial charge is 0.472 e. The quantitative estimate of drug-likeness (QED) is 0.0222. The number of hydrogen-bond acceptors (Lipinski definition) is 15. The average molecular weight is 1370 g/mol. The first kappa shape index (κ1) is 91.1. The van der Waals surface area contributed by atoms with Crippen LogP contribution >= 0.6 is 15.6 Å². The van der Waals surface area contributed by atoms with Crippen molar-refractivity contribution in [1.82, 2.24) is 0 Å². The summed E-state index contributed by atoms with van der Waals surface area (Å²) in [7, 11) is -9.91. The minimum absolute atomic E-state index is 0.105. The number of rotatable bonds is 73. The Morgan fingerprint density at radius 2 is 0.495 bits per heavy atom. The molecule has 93 heavy (non-hydrogen) atoms. The van der Waals surface area contributed by atoms with E-state index in [0.29, 0.717) is 25.7 Å². The van der Waals surface area contributed by atoms with Crippen LogP contribution in [0.1, 0.15) is 382 Å². The third-order valence-electron chi connectivity index (χ3n) is 17.2. The fourth-order valence-electron chi connectivity index (χ4n) is 11.3. The number of hydrogen-bond donors (Lipinski definition) is 3. The predicted molar refractivity (Wildman–Crippen MR) is 377 cm³/mol. The van der Waals surface area contributed by atoms with Crippen LogP contribution in [0.25, 0.3) is 0 Å². The molecule has 0 amide bonds. The molecule has 0 spiro atoms. The van der Waals surface area contributed by atoms with Crippen molar-refractivity contribution in [3.8, 4) is 0 Å². The Hall–Kier alpha value is -1.94. The summed E-state index contributed by atoms with van der Waals surface area (Å²) >= 11 is 0. The molecule has 0 saturated heterocycles. The number of carbonyl (C=O) groups is 4. The van der Waals surface area contributed by atoms with Gasteiger partial charge in [0.05, 0.1) is 26.4 Å². The lowest BCUT2D eigenvalue weighted by atomic mass is 10.0. The highest BCUT2D eigenvalue weighted by Gasteiger charge is 2.30. The highest BCUT2D eigenvalue weighted by Crippen LogP contribution is 2.45. The molecule has 0 aromatic carbocycles. The summed E-state index contributed by atoms with van der Waals surface area (Å²) in [6.07, 6.45) is 52.6. The van der Waals surface area contributed by atoms with Gasteiger partial charge in [0.1, 0.15) is 19.3 Å². The van der Waals surface area contributed by atoms with E-state index >= 15 is 0 Å². The number of esters is 4. The molecule has 0 aromatic heterocycles. The van der Waals surface area contributed by atoms with E-state index in [-0.39, 0.29) is 25.7 Å². The fourth-order valence-corrected chi connectivity index (χ4v) is 12.9. The Morgan fingerprint density at radius 1 is 0.290 bits per heavy atom. The Morgan fingerprint density at radius 3 is 0.731 bits per heavy atom. The first-order valence-corrected chi connectivity index (χ1v) is 41.5. The van der Waals surface area contributed by atoms with Gasteiger partial charge in [-0.3, -0.25) is 37.3 Å². The lowest BCUT2D eigenvalue weighted by Gasteiger charge is -2.21. The van der Waals surface area contributed by atoms with E-state index in [1.807, 2.05) is 0 Å². The predicted octanol–water partition coefficient (Wildman–Crippen LogP) is 21.6. The van der Waals surface area contributed by atoms with Gasteiger partial charge in [0.25, 0.3) is 0 Å². The van der Waals surface area contributed by atoms with Gasteiger partial charge in [-0.15, -0.1) is 0 Å². The van der Waals surface area contributed by atoms with Gasteiger partial charge in [-0.1, -0.05) is 330 Å². The van der Waals surface area contributed by atoms with Gasteiger partial charge in [0.15, 0.2) is 12.2 Å². The monoisotopic (exact) mass is 1370 g/mol. The van der Waals surface area contributed by atoms with Crippen LogP contribution < -0.4 is 0 Å². The second-order valence-electron chi connectivity index (χ2n) is 27.6. The number of carbonyl (C=O) groups excluding carboxylic acids is 4. The van der Waals surface area contributed by atoms with Crippen molar-refractivity contribution in [1.29, 1.82) is 0 Å². The molecule has 0 aliphatic rings. The van der Waals surface area contributed by atoms with Crippen LogP contribution in [0.4, 0.5) is 0 Å². The van der Waals surface area contributed by atoms with E-state index in [2.05, 4.69) is 41.5 Å². The van der Waals surface area contributed by atoms with Crippen molar-refractivity contribution in [2.75, 3.05) is 39.6 Å². The molecule has 2 unspecified atom stereocenters. The van der Waals surface area contributed by atoms with Crippen molar-refractivity contribution in [2.24, 2.45) is 11.8 Å². The van der Waals surface area contributed by atoms with E-state index in [4.69, 9.17) is 37.0 Å². The molecule has 3 N–H and O–H groups in total. The molecule has 0 aromatic rings. The van der Waals surface area contributed by atoms with Crippen LogP contribution in [0, 0.1) is 11.8 Å². The number of aliphatic hydroxyl groups excluding tert-OH is 1. The fraction of sp³-hybridized carbons (Fsp3) is 0.946. The maximum Gasteiger partial charge on any atom is 0.472 e. The highest BCUT2D eigenvalue weighted by molar-refractivity contribution is 7.47. The zero-order valence-corrected chi connectivity index (χ0v) is 62.3. The SMILES string of the molecule is CCCCCCCCCCCCCCCCCCC(=O)O[C@H](COC(=O)CCCCCCCCCCCCCCC(C)C)COP(=O)(O)OC[C@@H](O)COP(=O)(O)OC[C@@H](COC(=O)CCCCCCCCCCCCC)OC(=O)CCCCCCCCCCC(C)C. The summed E-state index contributed by atoms with van der Waals surface area (Å²) in [5, 5.41) is 10.6. The van der Waals surface area contributed by atoms with E-state index in [0.717, 1.165) is 102 Å². The molecule has 5 atom stereocenters. The van der Waals surface area contributed by atoms with Crippen LogP contribution in [0.2, 0.25) is 0 Å². The second kappa shape index (κ2) is 66.0. The summed E-state index contributed by atoms with van der Waals surface area (Å²) < 4.78 is 68.4.